The molecule has 0 aromatic heterocycles. The van der Waals surface area contributed by atoms with Gasteiger partial charge in [-0.2, -0.15) is 0 Å². The smallest absolute Gasteiger partial charge is 0.343 e. The van der Waals surface area contributed by atoms with Gasteiger partial charge in [0.25, 0.3) is 0 Å². The summed E-state index contributed by atoms with van der Waals surface area (Å²) in [6, 6.07) is 6.15. The SMILES string of the molecule is NCc1ccc(C(=O)C=C(C(=O)O)C(=O)O)cc1. The largest absolute Gasteiger partial charge is 0.477 e. The van der Waals surface area contributed by atoms with Crippen molar-refractivity contribution >= 4 is 17.7 Å². The van der Waals surface area contributed by atoms with Crippen molar-refractivity contribution in [3.63, 3.8) is 0 Å². The molecule has 6 heteroatoms. The van der Waals surface area contributed by atoms with E-state index < -0.39 is 23.3 Å². The third-order valence-electron chi connectivity index (χ3n) is 2.21. The standard InChI is InChI=1S/C12H11NO5/c13-6-7-1-3-8(4-2-7)10(14)5-9(11(15)16)12(17)18/h1-5H,6,13H2,(H,15,16)(H,17,18). The minimum Gasteiger partial charge on any atom is -0.477 e. The van der Waals surface area contributed by atoms with Crippen molar-refractivity contribution in [2.45, 2.75) is 6.54 Å². The molecule has 94 valence electrons. The van der Waals surface area contributed by atoms with Crippen LogP contribution in [0.25, 0.3) is 0 Å². The molecule has 0 bridgehead atoms. The van der Waals surface area contributed by atoms with Crippen molar-refractivity contribution in [2.24, 2.45) is 5.73 Å². The monoisotopic (exact) mass is 249 g/mol. The molecule has 0 aliphatic carbocycles. The van der Waals surface area contributed by atoms with Crippen LogP contribution in [0.2, 0.25) is 0 Å². The zero-order valence-corrected chi connectivity index (χ0v) is 9.29. The average molecular weight is 249 g/mol. The van der Waals surface area contributed by atoms with E-state index in [1.165, 1.54) is 12.1 Å². The second kappa shape index (κ2) is 5.74. The molecule has 0 amide bonds. The lowest BCUT2D eigenvalue weighted by Gasteiger charge is -1.99. The topological polar surface area (TPSA) is 118 Å². The summed E-state index contributed by atoms with van der Waals surface area (Å²) in [6.45, 7) is 0.319. The predicted molar refractivity (Wildman–Crippen MR) is 62.0 cm³/mol. The van der Waals surface area contributed by atoms with Gasteiger partial charge in [-0.1, -0.05) is 24.3 Å². The highest BCUT2D eigenvalue weighted by molar-refractivity contribution is 6.19. The zero-order chi connectivity index (χ0) is 13.7. The number of aliphatic carboxylic acids is 2. The fourth-order valence-electron chi connectivity index (χ4n) is 1.23. The molecule has 18 heavy (non-hydrogen) atoms. The van der Waals surface area contributed by atoms with Crippen LogP contribution in [0.15, 0.2) is 35.9 Å². The number of ketones is 1. The van der Waals surface area contributed by atoms with Crippen molar-refractivity contribution in [3.8, 4) is 0 Å². The van der Waals surface area contributed by atoms with Gasteiger partial charge in [0.2, 0.25) is 0 Å². The molecule has 0 saturated heterocycles. The van der Waals surface area contributed by atoms with Crippen molar-refractivity contribution in [1.82, 2.24) is 0 Å². The highest BCUT2D eigenvalue weighted by Gasteiger charge is 2.18. The summed E-state index contributed by atoms with van der Waals surface area (Å²) in [4.78, 5) is 32.8. The Morgan fingerprint density at radius 2 is 1.56 bits per heavy atom. The zero-order valence-electron chi connectivity index (χ0n) is 9.29. The third-order valence-corrected chi connectivity index (χ3v) is 2.21. The van der Waals surface area contributed by atoms with Gasteiger partial charge in [-0.15, -0.1) is 0 Å². The van der Waals surface area contributed by atoms with Crippen molar-refractivity contribution in [3.05, 3.63) is 47.0 Å². The van der Waals surface area contributed by atoms with Gasteiger partial charge >= 0.3 is 11.9 Å². The molecule has 0 saturated carbocycles. The molecule has 0 heterocycles. The molecular formula is C12H11NO5. The Morgan fingerprint density at radius 3 is 1.94 bits per heavy atom. The second-order valence-corrected chi connectivity index (χ2v) is 3.43. The predicted octanol–water partition coefficient (Wildman–Crippen LogP) is 0.424. The molecule has 0 fully saturated rings. The highest BCUT2D eigenvalue weighted by atomic mass is 16.4. The van der Waals surface area contributed by atoms with Crippen LogP contribution in [-0.4, -0.2) is 27.9 Å². The molecule has 6 nitrogen and oxygen atoms in total. The number of rotatable bonds is 5. The normalized spacial score (nSPS) is 9.61. The number of carbonyl (C=O) groups is 3. The van der Waals surface area contributed by atoms with Crippen LogP contribution in [0.4, 0.5) is 0 Å². The maximum Gasteiger partial charge on any atom is 0.343 e. The van der Waals surface area contributed by atoms with Gasteiger partial charge in [0.05, 0.1) is 0 Å². The van der Waals surface area contributed by atoms with E-state index in [0.717, 1.165) is 5.56 Å². The van der Waals surface area contributed by atoms with Crippen LogP contribution in [0.3, 0.4) is 0 Å². The minimum atomic E-state index is -1.66. The van der Waals surface area contributed by atoms with Crippen LogP contribution in [0, 0.1) is 0 Å². The van der Waals surface area contributed by atoms with E-state index in [9.17, 15) is 14.4 Å². The quantitative estimate of drug-likeness (QED) is 0.301. The van der Waals surface area contributed by atoms with Gasteiger partial charge < -0.3 is 15.9 Å². The molecule has 0 aliphatic heterocycles. The molecule has 0 unspecified atom stereocenters. The number of hydrogen-bond donors (Lipinski definition) is 3. The van der Waals surface area contributed by atoms with Crippen LogP contribution >= 0.6 is 0 Å². The van der Waals surface area contributed by atoms with Gasteiger partial charge in [-0.05, 0) is 5.56 Å². The molecule has 0 spiro atoms. The number of carboxylic acid groups (broad SMARTS) is 2. The molecule has 1 aromatic rings. The summed E-state index contributed by atoms with van der Waals surface area (Å²) >= 11 is 0. The van der Waals surface area contributed by atoms with Gasteiger partial charge in [0, 0.05) is 18.2 Å². The number of allylic oxidation sites excluding steroid dienone is 1. The van der Waals surface area contributed by atoms with E-state index in [-0.39, 0.29) is 5.56 Å². The Balaban J connectivity index is 3.02. The van der Waals surface area contributed by atoms with Crippen LogP contribution in [0.1, 0.15) is 15.9 Å². The summed E-state index contributed by atoms with van der Waals surface area (Å²) in [7, 11) is 0. The van der Waals surface area contributed by atoms with Crippen LogP contribution in [0.5, 0.6) is 0 Å². The highest BCUT2D eigenvalue weighted by Crippen LogP contribution is 2.07. The molecule has 1 rings (SSSR count). The van der Waals surface area contributed by atoms with E-state index in [2.05, 4.69) is 0 Å². The van der Waals surface area contributed by atoms with E-state index in [0.29, 0.717) is 12.6 Å². The summed E-state index contributed by atoms with van der Waals surface area (Å²) in [6.07, 6.45) is 0.585. The number of hydrogen-bond acceptors (Lipinski definition) is 4. The first-order valence-electron chi connectivity index (χ1n) is 4.97. The first-order chi connectivity index (χ1) is 8.45. The Kier molecular flexibility index (Phi) is 4.33. The first kappa shape index (κ1) is 13.6. The van der Waals surface area contributed by atoms with E-state index in [1.54, 1.807) is 12.1 Å². The van der Waals surface area contributed by atoms with Crippen LogP contribution in [-0.2, 0) is 16.1 Å². The summed E-state index contributed by atoms with van der Waals surface area (Å²) in [5.41, 5.74) is 5.43. The summed E-state index contributed by atoms with van der Waals surface area (Å²) in [5.74, 6) is -4.00. The number of benzene rings is 1. The molecule has 0 aliphatic rings. The Hall–Kier alpha value is -2.47. The van der Waals surface area contributed by atoms with Crippen molar-refractivity contribution < 1.29 is 24.6 Å². The van der Waals surface area contributed by atoms with Crippen molar-refractivity contribution in [2.75, 3.05) is 0 Å². The second-order valence-electron chi connectivity index (χ2n) is 3.43. The van der Waals surface area contributed by atoms with Crippen LogP contribution < -0.4 is 5.73 Å². The van der Waals surface area contributed by atoms with Gasteiger partial charge in [0.1, 0.15) is 5.57 Å². The Bertz CT molecular complexity index is 500. The first-order valence-corrected chi connectivity index (χ1v) is 4.97. The lowest BCUT2D eigenvalue weighted by atomic mass is 10.1. The van der Waals surface area contributed by atoms with Crippen molar-refractivity contribution in [1.29, 1.82) is 0 Å². The minimum absolute atomic E-state index is 0.201. The number of carbonyl (C=O) groups excluding carboxylic acids is 1. The van der Waals surface area contributed by atoms with Gasteiger partial charge in [0.15, 0.2) is 5.78 Å². The lowest BCUT2D eigenvalue weighted by molar-refractivity contribution is -0.140. The summed E-state index contributed by atoms with van der Waals surface area (Å²) in [5, 5.41) is 17.2. The fourth-order valence-corrected chi connectivity index (χ4v) is 1.23. The lowest BCUT2D eigenvalue weighted by Crippen LogP contribution is -2.13. The Morgan fingerprint density at radius 1 is 1.06 bits per heavy atom. The maximum atomic E-state index is 11.6. The van der Waals surface area contributed by atoms with E-state index in [1.807, 2.05) is 0 Å². The molecule has 0 radical (unpaired) electrons. The summed E-state index contributed by atoms with van der Waals surface area (Å²) < 4.78 is 0. The number of carboxylic acids is 2. The average Bonchev–Trinajstić information content (AvgIpc) is 2.35. The van der Waals surface area contributed by atoms with E-state index in [4.69, 9.17) is 15.9 Å². The van der Waals surface area contributed by atoms with Gasteiger partial charge in [-0.25, -0.2) is 9.59 Å². The maximum absolute atomic E-state index is 11.6. The fraction of sp³-hybridized carbons (Fsp3) is 0.0833. The molecule has 1 aromatic carbocycles. The molecular weight excluding hydrogens is 238 g/mol. The number of nitrogens with two attached hydrogens (primary N) is 1. The van der Waals surface area contributed by atoms with E-state index >= 15 is 0 Å². The third kappa shape index (κ3) is 3.26. The van der Waals surface area contributed by atoms with Gasteiger partial charge in [-0.3, -0.25) is 4.79 Å². The Labute approximate surface area is 102 Å². The molecule has 4 N–H and O–H groups in total. The molecule has 0 atom stereocenters.